The first kappa shape index (κ1) is 26.5. The Morgan fingerprint density at radius 2 is 1.97 bits per heavy atom. The van der Waals surface area contributed by atoms with Crippen LogP contribution in [0.2, 0.25) is 0 Å². The maximum Gasteiger partial charge on any atom is 0.310 e. The SMILES string of the molecule is CCOC(=O)[C@H]1[C@@H]2SC3(CC2Br)C(C(=O)Nc2c(C)cccc2C)N([C@@H](CO)[C@@H](C)CC)C(=O)[C@H]13. The topological polar surface area (TPSA) is 95.9 Å². The molecule has 1 spiro atoms. The Kier molecular flexibility index (Phi) is 7.61. The van der Waals surface area contributed by atoms with E-state index in [0.29, 0.717) is 6.42 Å². The lowest BCUT2D eigenvalue weighted by molar-refractivity contribution is -0.154. The molecule has 3 aliphatic rings. The van der Waals surface area contributed by atoms with E-state index in [0.717, 1.165) is 23.2 Å². The number of hydrogen-bond donors (Lipinski definition) is 2. The number of nitrogens with one attached hydrogen (secondary N) is 1. The summed E-state index contributed by atoms with van der Waals surface area (Å²) >= 11 is 5.33. The molecule has 8 atom stereocenters. The van der Waals surface area contributed by atoms with Crippen LogP contribution in [-0.2, 0) is 19.1 Å². The van der Waals surface area contributed by atoms with Crippen molar-refractivity contribution in [3.05, 3.63) is 29.3 Å². The fourth-order valence-corrected chi connectivity index (χ4v) is 9.84. The highest BCUT2D eigenvalue weighted by Gasteiger charge is 2.76. The van der Waals surface area contributed by atoms with Crippen LogP contribution in [0.25, 0.3) is 0 Å². The third-order valence-corrected chi connectivity index (χ3v) is 11.3. The Hall–Kier alpha value is -1.58. The van der Waals surface area contributed by atoms with E-state index in [1.165, 1.54) is 0 Å². The molecule has 35 heavy (non-hydrogen) atoms. The van der Waals surface area contributed by atoms with Gasteiger partial charge >= 0.3 is 5.97 Å². The lowest BCUT2D eigenvalue weighted by atomic mass is 9.71. The number of ether oxygens (including phenoxy) is 1. The predicted molar refractivity (Wildman–Crippen MR) is 141 cm³/mol. The number of esters is 1. The molecule has 0 aliphatic carbocycles. The number of fused-ring (bicyclic) bond motifs is 1. The summed E-state index contributed by atoms with van der Waals surface area (Å²) < 4.78 is 4.63. The summed E-state index contributed by atoms with van der Waals surface area (Å²) in [6.45, 7) is 9.63. The maximum absolute atomic E-state index is 14.1. The molecular weight excluding hydrogens is 532 g/mol. The molecule has 3 unspecified atom stereocenters. The Bertz CT molecular complexity index is 1000. The van der Waals surface area contributed by atoms with Gasteiger partial charge in [0.05, 0.1) is 35.8 Å². The van der Waals surface area contributed by atoms with E-state index < -0.39 is 28.7 Å². The second-order valence-electron chi connectivity index (χ2n) is 10.1. The molecular formula is C26H35BrN2O5S. The van der Waals surface area contributed by atoms with Gasteiger partial charge in [-0.3, -0.25) is 14.4 Å². The number of aliphatic hydroxyl groups is 1. The van der Waals surface area contributed by atoms with E-state index in [9.17, 15) is 19.5 Å². The molecule has 2 N–H and O–H groups in total. The first-order valence-corrected chi connectivity index (χ1v) is 14.2. The molecule has 9 heteroatoms. The molecule has 0 saturated carbocycles. The maximum atomic E-state index is 14.1. The van der Waals surface area contributed by atoms with E-state index in [-0.39, 0.29) is 47.0 Å². The fourth-order valence-electron chi connectivity index (χ4n) is 6.25. The van der Waals surface area contributed by atoms with Crippen molar-refractivity contribution >= 4 is 51.2 Å². The van der Waals surface area contributed by atoms with Gasteiger partial charge in [0.1, 0.15) is 6.04 Å². The van der Waals surface area contributed by atoms with E-state index in [4.69, 9.17) is 4.74 Å². The lowest BCUT2D eigenvalue weighted by Crippen LogP contribution is -2.56. The van der Waals surface area contributed by atoms with Crippen LogP contribution in [-0.4, -0.2) is 67.9 Å². The van der Waals surface area contributed by atoms with Crippen molar-refractivity contribution in [3.63, 3.8) is 0 Å². The van der Waals surface area contributed by atoms with Crippen molar-refractivity contribution in [1.29, 1.82) is 0 Å². The lowest BCUT2D eigenvalue weighted by Gasteiger charge is -2.39. The fraction of sp³-hybridized carbons (Fsp3) is 0.654. The standard InChI is InChI=1S/C26H35BrN2O5S/c1-6-13(3)17(12-30)29-22(23(31)28-20-14(4)9-8-10-15(20)5)26-11-16(27)21(35-26)18(19(26)24(29)32)25(33)34-7-2/h8-10,13,16-19,21-22,30H,6-7,11-12H2,1-5H3,(H,28,31)/t13-,16?,17-,18+,19-,21+,22?,26?/m0/s1. The van der Waals surface area contributed by atoms with Crippen molar-refractivity contribution in [3.8, 4) is 0 Å². The van der Waals surface area contributed by atoms with Gasteiger partial charge in [0, 0.05) is 15.8 Å². The highest BCUT2D eigenvalue weighted by molar-refractivity contribution is 9.09. The highest BCUT2D eigenvalue weighted by Crippen LogP contribution is 2.68. The van der Waals surface area contributed by atoms with Crippen LogP contribution in [0.3, 0.4) is 0 Å². The van der Waals surface area contributed by atoms with Gasteiger partial charge < -0.3 is 20.1 Å². The van der Waals surface area contributed by atoms with Gasteiger partial charge in [0.2, 0.25) is 11.8 Å². The molecule has 3 saturated heterocycles. The van der Waals surface area contributed by atoms with Crippen LogP contribution in [0.4, 0.5) is 5.69 Å². The van der Waals surface area contributed by atoms with E-state index in [1.54, 1.807) is 23.6 Å². The number of benzene rings is 1. The van der Waals surface area contributed by atoms with Crippen LogP contribution in [0.5, 0.6) is 0 Å². The second kappa shape index (κ2) is 10.1. The number of aryl methyl sites for hydroxylation is 2. The van der Waals surface area contributed by atoms with E-state index in [1.807, 2.05) is 45.9 Å². The van der Waals surface area contributed by atoms with Crippen molar-refractivity contribution in [1.82, 2.24) is 4.90 Å². The molecule has 1 aromatic rings. The molecule has 192 valence electrons. The smallest absolute Gasteiger partial charge is 0.310 e. The first-order valence-electron chi connectivity index (χ1n) is 12.4. The van der Waals surface area contributed by atoms with Gasteiger partial charge in [-0.1, -0.05) is 54.4 Å². The monoisotopic (exact) mass is 566 g/mol. The summed E-state index contributed by atoms with van der Waals surface area (Å²) in [6.07, 6.45) is 1.34. The normalized spacial score (nSPS) is 32.9. The summed E-state index contributed by atoms with van der Waals surface area (Å²) in [7, 11) is 0. The van der Waals surface area contributed by atoms with E-state index in [2.05, 4.69) is 21.2 Å². The molecule has 1 aromatic carbocycles. The number of hydrogen-bond acceptors (Lipinski definition) is 6. The third kappa shape index (κ3) is 4.11. The van der Waals surface area contributed by atoms with Crippen LogP contribution >= 0.6 is 27.7 Å². The molecule has 7 nitrogen and oxygen atoms in total. The van der Waals surface area contributed by atoms with Gasteiger partial charge in [-0.05, 0) is 44.2 Å². The minimum absolute atomic E-state index is 0.0160. The first-order chi connectivity index (χ1) is 16.6. The molecule has 0 aromatic heterocycles. The minimum atomic E-state index is -0.806. The largest absolute Gasteiger partial charge is 0.466 e. The number of likely N-dealkylation sites (tertiary alicyclic amines) is 1. The number of nitrogens with zero attached hydrogens (tertiary/aromatic N) is 1. The Morgan fingerprint density at radius 1 is 1.31 bits per heavy atom. The van der Waals surface area contributed by atoms with Crippen molar-refractivity contribution in [2.45, 2.75) is 74.4 Å². The zero-order valence-electron chi connectivity index (χ0n) is 20.9. The molecule has 2 amide bonds. The number of rotatable bonds is 8. The minimum Gasteiger partial charge on any atom is -0.466 e. The van der Waals surface area contributed by atoms with Crippen LogP contribution < -0.4 is 5.32 Å². The Labute approximate surface area is 219 Å². The molecule has 3 aliphatic heterocycles. The number of anilines is 1. The van der Waals surface area contributed by atoms with Crippen LogP contribution in [0.15, 0.2) is 18.2 Å². The predicted octanol–water partition coefficient (Wildman–Crippen LogP) is 3.68. The van der Waals surface area contributed by atoms with Crippen molar-refractivity contribution in [2.24, 2.45) is 17.8 Å². The van der Waals surface area contributed by atoms with Gasteiger partial charge in [0.15, 0.2) is 0 Å². The number of carbonyl (C=O) groups excluding carboxylic acids is 3. The summed E-state index contributed by atoms with van der Waals surface area (Å²) in [5.74, 6) is -2.16. The number of aliphatic hydroxyl groups excluding tert-OH is 1. The number of para-hydroxylation sites is 1. The molecule has 3 heterocycles. The summed E-state index contributed by atoms with van der Waals surface area (Å²) in [6, 6.07) is 4.51. The molecule has 2 bridgehead atoms. The van der Waals surface area contributed by atoms with Gasteiger partial charge in [-0.15, -0.1) is 11.8 Å². The quantitative estimate of drug-likeness (QED) is 0.368. The molecule has 0 radical (unpaired) electrons. The average molecular weight is 568 g/mol. The third-order valence-electron chi connectivity index (χ3n) is 8.11. The molecule has 3 fully saturated rings. The Morgan fingerprint density at radius 3 is 2.54 bits per heavy atom. The van der Waals surface area contributed by atoms with Gasteiger partial charge in [-0.2, -0.15) is 0 Å². The van der Waals surface area contributed by atoms with E-state index >= 15 is 0 Å². The van der Waals surface area contributed by atoms with Crippen molar-refractivity contribution in [2.75, 3.05) is 18.5 Å². The summed E-state index contributed by atoms with van der Waals surface area (Å²) in [4.78, 5) is 42.9. The summed E-state index contributed by atoms with van der Waals surface area (Å²) in [5.41, 5.74) is 2.62. The zero-order valence-corrected chi connectivity index (χ0v) is 23.3. The Balaban J connectivity index is 1.81. The van der Waals surface area contributed by atoms with Crippen molar-refractivity contribution < 1.29 is 24.2 Å². The second-order valence-corrected chi connectivity index (χ2v) is 12.8. The zero-order chi connectivity index (χ0) is 25.7. The van der Waals surface area contributed by atoms with Gasteiger partial charge in [0.25, 0.3) is 0 Å². The molecule has 4 rings (SSSR count). The van der Waals surface area contributed by atoms with Gasteiger partial charge in [-0.25, -0.2) is 0 Å². The number of carbonyl (C=O) groups is 3. The number of alkyl halides is 1. The number of amides is 2. The van der Waals surface area contributed by atoms with Crippen LogP contribution in [0.1, 0.15) is 44.7 Å². The van der Waals surface area contributed by atoms with Crippen LogP contribution in [0, 0.1) is 31.6 Å². The number of halogens is 1. The summed E-state index contributed by atoms with van der Waals surface area (Å²) in [5, 5.41) is 13.4. The highest BCUT2D eigenvalue weighted by atomic mass is 79.9. The average Bonchev–Trinajstić information content (AvgIpc) is 3.40. The number of thioether (sulfide) groups is 1.